The average molecular weight is 553 g/mol. The van der Waals surface area contributed by atoms with E-state index in [0.29, 0.717) is 24.3 Å². The highest BCUT2D eigenvalue weighted by Gasteiger charge is 2.55. The summed E-state index contributed by atoms with van der Waals surface area (Å²) in [5.74, 6) is -0.635. The van der Waals surface area contributed by atoms with Gasteiger partial charge in [-0.05, 0) is 48.6 Å². The van der Waals surface area contributed by atoms with E-state index in [0.717, 1.165) is 57.8 Å². The number of piperidine rings is 1. The highest BCUT2D eigenvalue weighted by Crippen LogP contribution is 2.51. The third-order valence-electron chi connectivity index (χ3n) is 8.67. The second-order valence-corrected chi connectivity index (χ2v) is 11.3. The molecule has 40 heavy (non-hydrogen) atoms. The molecule has 3 unspecified atom stereocenters. The molecule has 1 amide bonds. The van der Waals surface area contributed by atoms with Crippen LogP contribution in [-0.4, -0.2) is 74.8 Å². The lowest BCUT2D eigenvalue weighted by molar-refractivity contribution is -0.156. The number of fused-ring (bicyclic) bond motifs is 1. The van der Waals surface area contributed by atoms with Crippen LogP contribution in [0.3, 0.4) is 0 Å². The quantitative estimate of drug-likeness (QED) is 0.301. The minimum atomic E-state index is -2.02. The van der Waals surface area contributed by atoms with Crippen molar-refractivity contribution < 1.29 is 34.8 Å². The summed E-state index contributed by atoms with van der Waals surface area (Å²) < 4.78 is 0. The van der Waals surface area contributed by atoms with Gasteiger partial charge in [-0.15, -0.1) is 0 Å². The van der Waals surface area contributed by atoms with E-state index < -0.39 is 29.6 Å². The Morgan fingerprint density at radius 3 is 1.98 bits per heavy atom. The number of carboxylic acid groups (broad SMARTS) is 1. The largest absolute Gasteiger partial charge is 0.479 e. The van der Waals surface area contributed by atoms with Gasteiger partial charge in [0, 0.05) is 32.1 Å². The number of nitrogens with zero attached hydrogens (tertiary/aromatic N) is 1. The van der Waals surface area contributed by atoms with Crippen molar-refractivity contribution >= 4 is 17.7 Å². The van der Waals surface area contributed by atoms with Crippen LogP contribution in [0, 0.1) is 23.7 Å². The van der Waals surface area contributed by atoms with Gasteiger partial charge in [-0.1, -0.05) is 73.5 Å². The predicted molar refractivity (Wildman–Crippen MR) is 148 cm³/mol. The van der Waals surface area contributed by atoms with Gasteiger partial charge >= 0.3 is 5.97 Å². The number of carboxylic acids is 1. The molecule has 2 aromatic carbocycles. The van der Waals surface area contributed by atoms with Crippen molar-refractivity contribution in [3.05, 3.63) is 71.8 Å². The minimum absolute atomic E-state index is 0.0139. The van der Waals surface area contributed by atoms with Crippen LogP contribution in [0.5, 0.6) is 0 Å². The first-order valence-corrected chi connectivity index (χ1v) is 14.0. The lowest BCUT2D eigenvalue weighted by atomic mass is 9.79. The van der Waals surface area contributed by atoms with E-state index in [-0.39, 0.29) is 11.8 Å². The van der Waals surface area contributed by atoms with Crippen molar-refractivity contribution in [1.29, 1.82) is 0 Å². The Balaban J connectivity index is 0.000000318. The van der Waals surface area contributed by atoms with E-state index in [1.54, 1.807) is 0 Å². The molecule has 1 saturated heterocycles. The van der Waals surface area contributed by atoms with Crippen molar-refractivity contribution in [1.82, 2.24) is 10.2 Å². The van der Waals surface area contributed by atoms with E-state index in [4.69, 9.17) is 15.3 Å². The fourth-order valence-electron chi connectivity index (χ4n) is 6.30. The normalized spacial score (nSPS) is 25.1. The minimum Gasteiger partial charge on any atom is -0.479 e. The molecule has 5 rings (SSSR count). The topological polar surface area (TPSA) is 147 Å². The zero-order chi connectivity index (χ0) is 28.9. The number of rotatable bonds is 10. The molecular formula is C31H40N2O7. The number of aliphatic hydroxyl groups is 3. The summed E-state index contributed by atoms with van der Waals surface area (Å²) in [5.41, 5.74) is 0.703. The summed E-state index contributed by atoms with van der Waals surface area (Å²) in [6.45, 7) is 4.94. The van der Waals surface area contributed by atoms with E-state index in [2.05, 4.69) is 40.5 Å². The summed E-state index contributed by atoms with van der Waals surface area (Å²) in [6, 6.07) is 20.2. The second kappa shape index (κ2) is 13.0. The molecular weight excluding hydrogens is 512 g/mol. The van der Waals surface area contributed by atoms with Crippen LogP contribution in [0.4, 0.5) is 0 Å². The van der Waals surface area contributed by atoms with Crippen LogP contribution in [-0.2, 0) is 26.5 Å². The number of amides is 1. The summed E-state index contributed by atoms with van der Waals surface area (Å²) >= 11 is 0. The first kappa shape index (κ1) is 29.9. The maximum absolute atomic E-state index is 13.2. The number of hydrogen-bond donors (Lipinski definition) is 5. The Hall–Kier alpha value is -3.11. The zero-order valence-electron chi connectivity index (χ0n) is 22.9. The van der Waals surface area contributed by atoms with Crippen LogP contribution < -0.4 is 5.32 Å². The number of likely N-dealkylation sites (tertiary alicyclic amines) is 1. The smallest absolute Gasteiger partial charge is 0.335 e. The number of aliphatic carboxylic acids is 1. The van der Waals surface area contributed by atoms with Crippen molar-refractivity contribution in [2.75, 3.05) is 19.6 Å². The zero-order valence-corrected chi connectivity index (χ0v) is 22.9. The van der Waals surface area contributed by atoms with Gasteiger partial charge in [0.15, 0.2) is 17.5 Å². The van der Waals surface area contributed by atoms with E-state index >= 15 is 0 Å². The van der Waals surface area contributed by atoms with Crippen molar-refractivity contribution in [2.24, 2.45) is 23.7 Å². The summed E-state index contributed by atoms with van der Waals surface area (Å²) in [4.78, 5) is 35.9. The number of carbonyl (C=O) groups is 3. The molecule has 1 aliphatic heterocycles. The Bertz CT molecular complexity index is 1120. The Labute approximate surface area is 234 Å². The molecule has 0 bridgehead atoms. The number of nitrogens with one attached hydrogen (secondary N) is 1. The van der Waals surface area contributed by atoms with E-state index in [1.807, 2.05) is 30.3 Å². The van der Waals surface area contributed by atoms with Crippen molar-refractivity contribution in [2.45, 2.75) is 57.0 Å². The average Bonchev–Trinajstić information content (AvgIpc) is 3.32. The van der Waals surface area contributed by atoms with Crippen molar-refractivity contribution in [3.8, 4) is 0 Å². The highest BCUT2D eigenvalue weighted by molar-refractivity contribution is 5.87. The van der Waals surface area contributed by atoms with Crippen LogP contribution in [0.2, 0.25) is 0 Å². The van der Waals surface area contributed by atoms with E-state index in [9.17, 15) is 19.5 Å². The monoisotopic (exact) mass is 552 g/mol. The number of aliphatic hydroxyl groups excluding tert-OH is 2. The second-order valence-electron chi connectivity index (χ2n) is 11.3. The van der Waals surface area contributed by atoms with Gasteiger partial charge in [0.1, 0.15) is 6.10 Å². The SMILES string of the molecule is CC(=O)[C@H](O)[C@@H](O)C(=O)O.O=C(NCC1C2CN(Cc3ccccc3)CC12)C(O)(c1ccccc1)C1CCCC1. The van der Waals surface area contributed by atoms with Gasteiger partial charge in [-0.25, -0.2) is 4.79 Å². The van der Waals surface area contributed by atoms with Gasteiger partial charge in [-0.2, -0.15) is 0 Å². The van der Waals surface area contributed by atoms with Gasteiger partial charge in [0.2, 0.25) is 0 Å². The van der Waals surface area contributed by atoms with Crippen LogP contribution in [0.25, 0.3) is 0 Å². The standard InChI is InChI=1S/C26H32N2O2.C5H8O5/c29-25(26(30,21-13-7-8-14-21)20-11-5-2-6-12-20)27-15-22-23-17-28(18-24(22)23)16-19-9-3-1-4-10-19;1-2(6)3(7)4(8)5(9)10/h1-6,9-12,21-24,30H,7-8,13-18H2,(H,27,29);3-4,7-8H,1H3,(H,9,10)/t;3-,4+/m.0/s1. The van der Waals surface area contributed by atoms with Gasteiger partial charge in [0.05, 0.1) is 0 Å². The third kappa shape index (κ3) is 6.78. The van der Waals surface area contributed by atoms with Gasteiger partial charge in [-0.3, -0.25) is 14.5 Å². The Morgan fingerprint density at radius 2 is 1.48 bits per heavy atom. The maximum atomic E-state index is 13.2. The van der Waals surface area contributed by atoms with Gasteiger partial charge < -0.3 is 25.7 Å². The van der Waals surface area contributed by atoms with Crippen LogP contribution in [0.1, 0.15) is 43.7 Å². The Morgan fingerprint density at radius 1 is 0.925 bits per heavy atom. The molecule has 2 aliphatic carbocycles. The maximum Gasteiger partial charge on any atom is 0.335 e. The molecule has 1 heterocycles. The number of benzene rings is 2. The first-order valence-electron chi connectivity index (χ1n) is 14.0. The molecule has 0 spiro atoms. The molecule has 9 nitrogen and oxygen atoms in total. The molecule has 9 heteroatoms. The Kier molecular flexibility index (Phi) is 9.73. The summed E-state index contributed by atoms with van der Waals surface area (Å²) in [6.07, 6.45) is 0.188. The number of Topliss-reactive ketones (excluding diaryl/α,β-unsaturated/α-hetero) is 1. The summed E-state index contributed by atoms with van der Waals surface area (Å²) in [7, 11) is 0. The lowest BCUT2D eigenvalue weighted by Gasteiger charge is -2.33. The molecule has 0 radical (unpaired) electrons. The third-order valence-corrected chi connectivity index (χ3v) is 8.67. The molecule has 3 aliphatic rings. The number of carbonyl (C=O) groups excluding carboxylic acids is 2. The van der Waals surface area contributed by atoms with Crippen LogP contribution in [0.15, 0.2) is 60.7 Å². The molecule has 5 atom stereocenters. The van der Waals surface area contributed by atoms with Crippen LogP contribution >= 0.6 is 0 Å². The lowest BCUT2D eigenvalue weighted by Crippen LogP contribution is -2.49. The van der Waals surface area contributed by atoms with Gasteiger partial charge in [0.25, 0.3) is 5.91 Å². The fourth-order valence-corrected chi connectivity index (χ4v) is 6.30. The highest BCUT2D eigenvalue weighted by atomic mass is 16.4. The first-order chi connectivity index (χ1) is 19.1. The molecule has 2 saturated carbocycles. The van der Waals surface area contributed by atoms with E-state index in [1.165, 1.54) is 5.56 Å². The van der Waals surface area contributed by atoms with Crippen molar-refractivity contribution in [3.63, 3.8) is 0 Å². The molecule has 3 fully saturated rings. The molecule has 216 valence electrons. The fraction of sp³-hybridized carbons (Fsp3) is 0.516. The number of ketones is 1. The number of hydrogen-bond acceptors (Lipinski definition) is 7. The summed E-state index contributed by atoms with van der Waals surface area (Å²) in [5, 5.41) is 39.8. The predicted octanol–water partition coefficient (Wildman–Crippen LogP) is 1.94. The molecule has 5 N–H and O–H groups in total. The molecule has 0 aromatic heterocycles. The molecule has 2 aromatic rings.